The first kappa shape index (κ1) is 17.3. The number of nitrogens with zero attached hydrogens (tertiary/aromatic N) is 1. The molecule has 2 amide bonds. The van der Waals surface area contributed by atoms with Crippen LogP contribution in [0.1, 0.15) is 51.9 Å². The van der Waals surface area contributed by atoms with Crippen LogP contribution in [-0.2, 0) is 9.59 Å². The fraction of sp³-hybridized carbons (Fsp3) is 0.882. The number of hydrogen-bond donors (Lipinski definition) is 2. The molecule has 0 spiro atoms. The van der Waals surface area contributed by atoms with Crippen molar-refractivity contribution in [2.75, 3.05) is 32.7 Å². The van der Waals surface area contributed by atoms with Crippen LogP contribution >= 0.6 is 0 Å². The summed E-state index contributed by atoms with van der Waals surface area (Å²) in [5.41, 5.74) is 0. The van der Waals surface area contributed by atoms with Crippen LogP contribution in [0.25, 0.3) is 0 Å². The minimum atomic E-state index is 0.139. The van der Waals surface area contributed by atoms with Gasteiger partial charge in [0.05, 0.1) is 0 Å². The zero-order valence-electron chi connectivity index (χ0n) is 13.9. The second-order valence-corrected chi connectivity index (χ2v) is 6.80. The van der Waals surface area contributed by atoms with Crippen molar-refractivity contribution in [3.63, 3.8) is 0 Å². The number of likely N-dealkylation sites (tertiary alicyclic amines) is 1. The first-order valence-electron chi connectivity index (χ1n) is 8.94. The van der Waals surface area contributed by atoms with Crippen molar-refractivity contribution in [1.29, 1.82) is 0 Å². The van der Waals surface area contributed by atoms with E-state index in [0.717, 1.165) is 58.4 Å². The summed E-state index contributed by atoms with van der Waals surface area (Å²) in [7, 11) is 0. The molecule has 2 aliphatic rings. The Morgan fingerprint density at radius 3 is 2.82 bits per heavy atom. The van der Waals surface area contributed by atoms with Crippen LogP contribution in [-0.4, -0.2) is 49.4 Å². The normalized spacial score (nSPS) is 25.2. The monoisotopic (exact) mass is 309 g/mol. The van der Waals surface area contributed by atoms with Crippen molar-refractivity contribution >= 4 is 11.8 Å². The molecule has 0 saturated carbocycles. The lowest BCUT2D eigenvalue weighted by Gasteiger charge is -2.33. The highest BCUT2D eigenvalue weighted by Gasteiger charge is 2.24. The minimum Gasteiger partial charge on any atom is -0.356 e. The molecule has 0 aromatic heterocycles. The summed E-state index contributed by atoms with van der Waals surface area (Å²) in [4.78, 5) is 25.9. The van der Waals surface area contributed by atoms with Crippen molar-refractivity contribution in [3.05, 3.63) is 0 Å². The molecule has 126 valence electrons. The van der Waals surface area contributed by atoms with Crippen LogP contribution in [0, 0.1) is 11.8 Å². The molecule has 0 bridgehead atoms. The van der Waals surface area contributed by atoms with Gasteiger partial charge in [-0.15, -0.1) is 0 Å². The van der Waals surface area contributed by atoms with E-state index >= 15 is 0 Å². The van der Waals surface area contributed by atoms with Gasteiger partial charge < -0.3 is 15.5 Å². The third kappa shape index (κ3) is 5.59. The van der Waals surface area contributed by atoms with Crippen LogP contribution in [0.5, 0.6) is 0 Å². The Balaban J connectivity index is 1.67. The van der Waals surface area contributed by atoms with E-state index in [-0.39, 0.29) is 5.91 Å². The van der Waals surface area contributed by atoms with E-state index in [2.05, 4.69) is 10.6 Å². The van der Waals surface area contributed by atoms with E-state index in [1.54, 1.807) is 0 Å². The summed E-state index contributed by atoms with van der Waals surface area (Å²) < 4.78 is 0. The van der Waals surface area contributed by atoms with E-state index in [9.17, 15) is 9.59 Å². The number of carbonyl (C=O) groups is 2. The maximum Gasteiger partial charge on any atom is 0.222 e. The van der Waals surface area contributed by atoms with E-state index in [4.69, 9.17) is 0 Å². The van der Waals surface area contributed by atoms with Gasteiger partial charge in [0.2, 0.25) is 11.8 Å². The Morgan fingerprint density at radius 1 is 1.23 bits per heavy atom. The van der Waals surface area contributed by atoms with Gasteiger partial charge >= 0.3 is 0 Å². The molecule has 2 unspecified atom stereocenters. The summed E-state index contributed by atoms with van der Waals surface area (Å²) >= 11 is 0. The molecule has 2 N–H and O–H groups in total. The van der Waals surface area contributed by atoms with Gasteiger partial charge in [0, 0.05) is 32.5 Å². The lowest BCUT2D eigenvalue weighted by molar-refractivity contribution is -0.133. The van der Waals surface area contributed by atoms with Crippen molar-refractivity contribution in [1.82, 2.24) is 15.5 Å². The van der Waals surface area contributed by atoms with Gasteiger partial charge in [0.1, 0.15) is 0 Å². The standard InChI is InChI=1S/C17H31N3O2/c1-2-4-16(21)19-12-15-5-3-10-20(13-15)17(22)7-6-14-8-9-18-11-14/h14-15,18H,2-13H2,1H3,(H,19,21). The van der Waals surface area contributed by atoms with Gasteiger partial charge in [0.15, 0.2) is 0 Å². The molecule has 2 heterocycles. The molecule has 0 aromatic rings. The fourth-order valence-electron chi connectivity index (χ4n) is 3.48. The maximum absolute atomic E-state index is 12.4. The van der Waals surface area contributed by atoms with Gasteiger partial charge in [-0.1, -0.05) is 6.92 Å². The van der Waals surface area contributed by atoms with Crippen molar-refractivity contribution < 1.29 is 9.59 Å². The lowest BCUT2D eigenvalue weighted by atomic mass is 9.96. The molecule has 5 heteroatoms. The lowest BCUT2D eigenvalue weighted by Crippen LogP contribution is -2.43. The Labute approximate surface area is 134 Å². The van der Waals surface area contributed by atoms with Crippen LogP contribution in [0.15, 0.2) is 0 Å². The molecule has 2 rings (SSSR count). The van der Waals surface area contributed by atoms with Crippen LogP contribution in [0.4, 0.5) is 0 Å². The largest absolute Gasteiger partial charge is 0.356 e. The minimum absolute atomic E-state index is 0.139. The molecule has 2 fully saturated rings. The second kappa shape index (κ2) is 9.13. The number of carbonyl (C=O) groups excluding carboxylic acids is 2. The predicted molar refractivity (Wildman–Crippen MR) is 87.4 cm³/mol. The number of piperidine rings is 1. The third-order valence-corrected chi connectivity index (χ3v) is 4.87. The quantitative estimate of drug-likeness (QED) is 0.750. The van der Waals surface area contributed by atoms with Gasteiger partial charge in [-0.2, -0.15) is 0 Å². The molecule has 2 aliphatic heterocycles. The van der Waals surface area contributed by atoms with Gasteiger partial charge in [0.25, 0.3) is 0 Å². The highest BCUT2D eigenvalue weighted by atomic mass is 16.2. The number of hydrogen-bond acceptors (Lipinski definition) is 3. The predicted octanol–water partition coefficient (Wildman–Crippen LogP) is 1.53. The average molecular weight is 309 g/mol. The molecule has 22 heavy (non-hydrogen) atoms. The van der Waals surface area contributed by atoms with Crippen LogP contribution in [0.3, 0.4) is 0 Å². The highest BCUT2D eigenvalue weighted by Crippen LogP contribution is 2.19. The molecular weight excluding hydrogens is 278 g/mol. The smallest absolute Gasteiger partial charge is 0.222 e. The number of rotatable bonds is 7. The summed E-state index contributed by atoms with van der Waals surface area (Å²) in [5.74, 6) is 1.54. The third-order valence-electron chi connectivity index (χ3n) is 4.87. The summed E-state index contributed by atoms with van der Waals surface area (Å²) in [5, 5.41) is 6.36. The average Bonchev–Trinajstić information content (AvgIpc) is 3.04. The first-order valence-corrected chi connectivity index (χ1v) is 8.94. The first-order chi connectivity index (χ1) is 10.7. The van der Waals surface area contributed by atoms with E-state index in [1.807, 2.05) is 11.8 Å². The Bertz CT molecular complexity index is 367. The SMILES string of the molecule is CCCC(=O)NCC1CCCN(C(=O)CCC2CCNC2)C1. The van der Waals surface area contributed by atoms with E-state index in [0.29, 0.717) is 30.6 Å². The van der Waals surface area contributed by atoms with Crippen LogP contribution in [0.2, 0.25) is 0 Å². The van der Waals surface area contributed by atoms with Crippen molar-refractivity contribution in [2.45, 2.75) is 51.9 Å². The Hall–Kier alpha value is -1.10. The zero-order chi connectivity index (χ0) is 15.8. The molecule has 5 nitrogen and oxygen atoms in total. The maximum atomic E-state index is 12.4. The highest BCUT2D eigenvalue weighted by molar-refractivity contribution is 5.76. The molecule has 0 radical (unpaired) electrons. The fourth-order valence-corrected chi connectivity index (χ4v) is 3.48. The van der Waals surface area contributed by atoms with Gasteiger partial charge in [-0.3, -0.25) is 9.59 Å². The zero-order valence-corrected chi connectivity index (χ0v) is 13.9. The summed E-state index contributed by atoms with van der Waals surface area (Å²) in [6.45, 7) is 6.60. The molecule has 2 atom stereocenters. The summed E-state index contributed by atoms with van der Waals surface area (Å²) in [6.07, 6.45) is 6.57. The molecular formula is C17H31N3O2. The number of amides is 2. The second-order valence-electron chi connectivity index (χ2n) is 6.80. The van der Waals surface area contributed by atoms with E-state index < -0.39 is 0 Å². The molecule has 0 aromatic carbocycles. The van der Waals surface area contributed by atoms with Crippen molar-refractivity contribution in [3.8, 4) is 0 Å². The molecule has 0 aliphatic carbocycles. The van der Waals surface area contributed by atoms with E-state index in [1.165, 1.54) is 6.42 Å². The molecule has 2 saturated heterocycles. The van der Waals surface area contributed by atoms with Crippen molar-refractivity contribution in [2.24, 2.45) is 11.8 Å². The topological polar surface area (TPSA) is 61.4 Å². The Kier molecular flexibility index (Phi) is 7.16. The Morgan fingerprint density at radius 2 is 2.09 bits per heavy atom. The van der Waals surface area contributed by atoms with Crippen LogP contribution < -0.4 is 10.6 Å². The summed E-state index contributed by atoms with van der Waals surface area (Å²) in [6, 6.07) is 0. The number of nitrogens with one attached hydrogen (secondary N) is 2. The van der Waals surface area contributed by atoms with Gasteiger partial charge in [-0.05, 0) is 57.0 Å². The van der Waals surface area contributed by atoms with Gasteiger partial charge in [-0.25, -0.2) is 0 Å².